The number of benzene rings is 1. The number of aromatic nitrogens is 5. The second kappa shape index (κ2) is 10.2. The molecule has 0 spiro atoms. The zero-order valence-corrected chi connectivity index (χ0v) is 22.8. The van der Waals surface area contributed by atoms with Crippen molar-refractivity contribution in [3.63, 3.8) is 0 Å². The number of pyridine rings is 1. The minimum absolute atomic E-state index is 0.0383. The van der Waals surface area contributed by atoms with Crippen molar-refractivity contribution in [2.24, 2.45) is 0 Å². The van der Waals surface area contributed by atoms with Crippen molar-refractivity contribution < 1.29 is 22.7 Å². The van der Waals surface area contributed by atoms with E-state index < -0.39 is 11.9 Å². The van der Waals surface area contributed by atoms with Crippen LogP contribution in [0.15, 0.2) is 42.9 Å². The SMILES string of the molecule is CCn1cc(-c2cc(Cn3cc4n(c3=N)CCC4)cc3c2CCN(Cc2cc(OC)ccn2)C3=O)c(C(F)(F)F)n1. The zero-order valence-electron chi connectivity index (χ0n) is 22.8. The normalized spacial score (nSPS) is 14.9. The minimum Gasteiger partial charge on any atom is -0.497 e. The van der Waals surface area contributed by atoms with E-state index in [1.807, 2.05) is 10.8 Å². The number of hydrogen-bond acceptors (Lipinski definition) is 5. The molecule has 0 saturated carbocycles. The van der Waals surface area contributed by atoms with Crippen molar-refractivity contribution >= 4 is 5.91 Å². The summed E-state index contributed by atoms with van der Waals surface area (Å²) in [4.78, 5) is 19.9. The van der Waals surface area contributed by atoms with E-state index in [0.29, 0.717) is 52.3 Å². The van der Waals surface area contributed by atoms with E-state index in [4.69, 9.17) is 10.1 Å². The molecular weight excluding hydrogens is 535 g/mol. The van der Waals surface area contributed by atoms with E-state index in [2.05, 4.69) is 10.1 Å². The van der Waals surface area contributed by atoms with Crippen molar-refractivity contribution in [2.75, 3.05) is 13.7 Å². The van der Waals surface area contributed by atoms with Crippen molar-refractivity contribution in [1.29, 1.82) is 5.41 Å². The number of methoxy groups -OCH3 is 1. The predicted molar refractivity (Wildman–Crippen MR) is 143 cm³/mol. The van der Waals surface area contributed by atoms with Gasteiger partial charge in [0.2, 0.25) is 5.62 Å². The number of imidazole rings is 1. The van der Waals surface area contributed by atoms with Crippen molar-refractivity contribution in [1.82, 2.24) is 28.8 Å². The molecule has 5 heterocycles. The number of alkyl halides is 3. The van der Waals surface area contributed by atoms with E-state index in [9.17, 15) is 18.0 Å². The molecule has 2 aliphatic rings. The number of carbonyl (C=O) groups is 1. The number of amides is 1. The van der Waals surface area contributed by atoms with E-state index in [0.717, 1.165) is 25.1 Å². The third-order valence-electron chi connectivity index (χ3n) is 7.83. The van der Waals surface area contributed by atoms with Crippen LogP contribution in [-0.4, -0.2) is 48.4 Å². The summed E-state index contributed by atoms with van der Waals surface area (Å²) in [5.41, 5.74) is 2.99. The molecule has 0 aliphatic carbocycles. The van der Waals surface area contributed by atoms with Gasteiger partial charge in [0.25, 0.3) is 5.91 Å². The number of ether oxygens (including phenoxy) is 1. The lowest BCUT2D eigenvalue weighted by molar-refractivity contribution is -0.141. The molecule has 3 aromatic heterocycles. The molecule has 0 atom stereocenters. The quantitative estimate of drug-likeness (QED) is 0.362. The minimum atomic E-state index is -4.66. The van der Waals surface area contributed by atoms with Gasteiger partial charge in [-0.2, -0.15) is 18.3 Å². The number of carbonyl (C=O) groups excluding carboxylic acids is 1. The summed E-state index contributed by atoms with van der Waals surface area (Å²) in [7, 11) is 1.56. The largest absolute Gasteiger partial charge is 0.497 e. The van der Waals surface area contributed by atoms with Gasteiger partial charge in [0.15, 0.2) is 5.69 Å². The van der Waals surface area contributed by atoms with Crippen LogP contribution in [0.2, 0.25) is 0 Å². The van der Waals surface area contributed by atoms with E-state index in [1.54, 1.807) is 54.0 Å². The lowest BCUT2D eigenvalue weighted by Gasteiger charge is -2.30. The molecule has 214 valence electrons. The smallest absolute Gasteiger partial charge is 0.435 e. The highest BCUT2D eigenvalue weighted by molar-refractivity contribution is 5.99. The van der Waals surface area contributed by atoms with Gasteiger partial charge in [0.05, 0.1) is 25.9 Å². The number of aryl methyl sites for hydroxylation is 2. The van der Waals surface area contributed by atoms with Gasteiger partial charge in [0.1, 0.15) is 5.75 Å². The van der Waals surface area contributed by atoms with Gasteiger partial charge in [-0.15, -0.1) is 0 Å². The Bertz CT molecular complexity index is 1700. The van der Waals surface area contributed by atoms with E-state index in [1.165, 1.54) is 10.9 Å². The van der Waals surface area contributed by atoms with Crippen LogP contribution < -0.4 is 10.4 Å². The molecule has 0 unspecified atom stereocenters. The second-order valence-corrected chi connectivity index (χ2v) is 10.4. The molecule has 0 bridgehead atoms. The second-order valence-electron chi connectivity index (χ2n) is 10.4. The van der Waals surface area contributed by atoms with Gasteiger partial charge >= 0.3 is 6.18 Å². The fourth-order valence-corrected chi connectivity index (χ4v) is 5.83. The number of hydrogen-bond donors (Lipinski definition) is 1. The first kappa shape index (κ1) is 26.9. The Morgan fingerprint density at radius 2 is 1.85 bits per heavy atom. The highest BCUT2D eigenvalue weighted by Crippen LogP contribution is 2.40. The van der Waals surface area contributed by atoms with Crippen LogP contribution in [0.5, 0.6) is 5.75 Å². The van der Waals surface area contributed by atoms with E-state index >= 15 is 0 Å². The average molecular weight is 566 g/mol. The predicted octanol–water partition coefficient (Wildman–Crippen LogP) is 4.27. The molecule has 0 radical (unpaired) electrons. The van der Waals surface area contributed by atoms with E-state index in [-0.39, 0.29) is 31.1 Å². The summed E-state index contributed by atoms with van der Waals surface area (Å²) in [6.07, 6.45) is 2.54. The van der Waals surface area contributed by atoms with Crippen LogP contribution in [0.4, 0.5) is 13.2 Å². The van der Waals surface area contributed by atoms with Gasteiger partial charge in [0, 0.05) is 61.1 Å². The van der Waals surface area contributed by atoms with Crippen LogP contribution in [-0.2, 0) is 45.2 Å². The average Bonchev–Trinajstić information content (AvgIpc) is 3.67. The summed E-state index contributed by atoms with van der Waals surface area (Å²) < 4.78 is 52.7. The van der Waals surface area contributed by atoms with Crippen molar-refractivity contribution in [3.05, 3.63) is 82.2 Å². The number of fused-ring (bicyclic) bond motifs is 2. The Hall–Kier alpha value is -4.35. The van der Waals surface area contributed by atoms with Crippen molar-refractivity contribution in [3.8, 4) is 16.9 Å². The molecule has 12 heteroatoms. The molecule has 41 heavy (non-hydrogen) atoms. The maximum Gasteiger partial charge on any atom is 0.435 e. The zero-order chi connectivity index (χ0) is 28.9. The number of halogens is 3. The van der Waals surface area contributed by atoms with Gasteiger partial charge in [-0.3, -0.25) is 19.9 Å². The number of rotatable bonds is 7. The Kier molecular flexibility index (Phi) is 6.71. The summed E-state index contributed by atoms with van der Waals surface area (Å²) in [6, 6.07) is 6.98. The maximum absolute atomic E-state index is 14.2. The Morgan fingerprint density at radius 3 is 2.59 bits per heavy atom. The first-order chi connectivity index (χ1) is 19.7. The standard InChI is InChI=1S/C29H30F3N7O2/c1-3-38-17-25(26(35-38)29(30,31)32)23-11-18(14-37-16-20-5-4-9-39(20)28(37)33)12-24-22(23)7-10-36(27(24)40)15-19-13-21(41-2)6-8-34-19/h6,8,11-13,16-17,33H,3-5,7,9-10,14-15H2,1-2H3. The molecule has 1 amide bonds. The Morgan fingerprint density at radius 1 is 1.05 bits per heavy atom. The number of nitrogens with zero attached hydrogens (tertiary/aromatic N) is 6. The molecule has 9 nitrogen and oxygen atoms in total. The third-order valence-corrected chi connectivity index (χ3v) is 7.83. The summed E-state index contributed by atoms with van der Waals surface area (Å²) in [5.74, 6) is 0.352. The molecule has 1 aromatic carbocycles. The van der Waals surface area contributed by atoms with Crippen LogP contribution >= 0.6 is 0 Å². The van der Waals surface area contributed by atoms with Crippen LogP contribution in [0.25, 0.3) is 11.1 Å². The molecule has 1 N–H and O–H groups in total. The molecule has 0 saturated heterocycles. The van der Waals surface area contributed by atoms with Gasteiger partial charge in [-0.1, -0.05) is 0 Å². The van der Waals surface area contributed by atoms with Crippen molar-refractivity contribution in [2.45, 2.75) is 58.5 Å². The highest BCUT2D eigenvalue weighted by atomic mass is 19.4. The fraction of sp³-hybridized carbons (Fsp3) is 0.379. The molecule has 2 aliphatic heterocycles. The van der Waals surface area contributed by atoms with Gasteiger partial charge in [-0.25, -0.2) is 0 Å². The number of nitrogens with one attached hydrogen (secondary N) is 1. The summed E-state index contributed by atoms with van der Waals surface area (Å²) >= 11 is 0. The summed E-state index contributed by atoms with van der Waals surface area (Å²) in [6.45, 7) is 3.61. The highest BCUT2D eigenvalue weighted by Gasteiger charge is 2.39. The van der Waals surface area contributed by atoms with Crippen LogP contribution in [0, 0.1) is 5.41 Å². The molecule has 6 rings (SSSR count). The van der Waals surface area contributed by atoms with Crippen LogP contribution in [0.3, 0.4) is 0 Å². The van der Waals surface area contributed by atoms with Gasteiger partial charge in [-0.05, 0) is 61.1 Å². The van der Waals surface area contributed by atoms with Crippen LogP contribution in [0.1, 0.15) is 51.9 Å². The lowest BCUT2D eigenvalue weighted by atomic mass is 9.88. The summed E-state index contributed by atoms with van der Waals surface area (Å²) in [5, 5.41) is 12.4. The Labute approximate surface area is 234 Å². The first-order valence-electron chi connectivity index (χ1n) is 13.6. The lowest BCUT2D eigenvalue weighted by Crippen LogP contribution is -2.37. The third kappa shape index (κ3) is 4.91. The van der Waals surface area contributed by atoms with Gasteiger partial charge < -0.3 is 18.8 Å². The molecule has 0 fully saturated rings. The first-order valence-corrected chi connectivity index (χ1v) is 13.6. The molecule has 4 aromatic rings. The topological polar surface area (TPSA) is 94.0 Å². The molecular formula is C29H30F3N7O2. The monoisotopic (exact) mass is 565 g/mol. The fourth-order valence-electron chi connectivity index (χ4n) is 5.83. The Balaban J connectivity index is 1.45. The maximum atomic E-state index is 14.2.